The summed E-state index contributed by atoms with van der Waals surface area (Å²) in [5.41, 5.74) is -0.547. The second-order valence-electron chi connectivity index (χ2n) is 4.98. The van der Waals surface area contributed by atoms with Crippen molar-refractivity contribution in [3.8, 4) is 0 Å². The topological polar surface area (TPSA) is 41.6 Å². The van der Waals surface area contributed by atoms with Crippen LogP contribution in [0.4, 0.5) is 13.6 Å². The maximum atomic E-state index is 12.2. The van der Waals surface area contributed by atoms with Gasteiger partial charge in [0.05, 0.1) is 6.04 Å². The van der Waals surface area contributed by atoms with Crippen molar-refractivity contribution in [1.29, 1.82) is 0 Å². The summed E-state index contributed by atoms with van der Waals surface area (Å²) in [5, 5.41) is 2.63. The van der Waals surface area contributed by atoms with Crippen LogP contribution >= 0.6 is 0 Å². The summed E-state index contributed by atoms with van der Waals surface area (Å²) >= 11 is 0. The SMILES string of the molecule is CC(NCCN(C)C(=O)OC(C)(C)C)C(F)F. The predicted molar refractivity (Wildman–Crippen MR) is 62.3 cm³/mol. The molecule has 0 saturated heterocycles. The highest BCUT2D eigenvalue weighted by Gasteiger charge is 2.19. The Morgan fingerprint density at radius 1 is 1.41 bits per heavy atom. The monoisotopic (exact) mass is 252 g/mol. The van der Waals surface area contributed by atoms with Crippen molar-refractivity contribution in [2.45, 2.75) is 45.8 Å². The molecule has 0 aliphatic carbocycles. The summed E-state index contributed by atoms with van der Waals surface area (Å²) in [4.78, 5) is 12.9. The van der Waals surface area contributed by atoms with Gasteiger partial charge in [0.15, 0.2) is 0 Å². The number of hydrogen-bond acceptors (Lipinski definition) is 3. The van der Waals surface area contributed by atoms with Crippen molar-refractivity contribution in [3.05, 3.63) is 0 Å². The van der Waals surface area contributed by atoms with Gasteiger partial charge in [-0.15, -0.1) is 0 Å². The summed E-state index contributed by atoms with van der Waals surface area (Å²) in [6, 6.07) is -0.873. The second kappa shape index (κ2) is 6.74. The van der Waals surface area contributed by atoms with Gasteiger partial charge in [-0.3, -0.25) is 0 Å². The van der Waals surface area contributed by atoms with Gasteiger partial charge in [-0.05, 0) is 27.7 Å². The largest absolute Gasteiger partial charge is 0.444 e. The Morgan fingerprint density at radius 3 is 2.35 bits per heavy atom. The first kappa shape index (κ1) is 16.1. The van der Waals surface area contributed by atoms with E-state index < -0.39 is 24.2 Å². The Kier molecular flexibility index (Phi) is 6.37. The molecule has 4 nitrogen and oxygen atoms in total. The van der Waals surface area contributed by atoms with Crippen molar-refractivity contribution in [1.82, 2.24) is 10.2 Å². The maximum absolute atomic E-state index is 12.2. The number of nitrogens with one attached hydrogen (secondary N) is 1. The van der Waals surface area contributed by atoms with E-state index in [4.69, 9.17) is 4.74 Å². The summed E-state index contributed by atoms with van der Waals surface area (Å²) < 4.78 is 29.4. The molecule has 0 fully saturated rings. The minimum Gasteiger partial charge on any atom is -0.444 e. The molecule has 0 aromatic rings. The number of amides is 1. The molecule has 0 heterocycles. The lowest BCUT2D eigenvalue weighted by Crippen LogP contribution is -2.41. The fraction of sp³-hybridized carbons (Fsp3) is 0.909. The number of likely N-dealkylation sites (N-methyl/N-ethyl adjacent to an activating group) is 1. The molecular weight excluding hydrogens is 230 g/mol. The molecule has 6 heteroatoms. The van der Waals surface area contributed by atoms with Crippen LogP contribution in [0.2, 0.25) is 0 Å². The van der Waals surface area contributed by atoms with Crippen LogP contribution in [0, 0.1) is 0 Å². The van der Waals surface area contributed by atoms with Crippen LogP contribution in [0.15, 0.2) is 0 Å². The van der Waals surface area contributed by atoms with Crippen LogP contribution in [0.5, 0.6) is 0 Å². The first-order valence-electron chi connectivity index (χ1n) is 5.59. The molecule has 0 rings (SSSR count). The Hall–Kier alpha value is -0.910. The molecule has 0 aromatic carbocycles. The molecule has 1 amide bonds. The van der Waals surface area contributed by atoms with E-state index in [-0.39, 0.29) is 0 Å². The normalized spacial score (nSPS) is 13.6. The average molecular weight is 252 g/mol. The fourth-order valence-electron chi connectivity index (χ4n) is 0.980. The zero-order chi connectivity index (χ0) is 13.6. The van der Waals surface area contributed by atoms with Crippen molar-refractivity contribution in [2.24, 2.45) is 0 Å². The third-order valence-corrected chi connectivity index (χ3v) is 2.00. The first-order valence-corrected chi connectivity index (χ1v) is 5.59. The molecule has 17 heavy (non-hydrogen) atoms. The number of nitrogens with zero attached hydrogens (tertiary/aromatic N) is 1. The number of carbonyl (C=O) groups excluding carboxylic acids is 1. The van der Waals surface area contributed by atoms with E-state index in [1.54, 1.807) is 27.8 Å². The second-order valence-corrected chi connectivity index (χ2v) is 4.98. The van der Waals surface area contributed by atoms with Crippen LogP contribution in [-0.4, -0.2) is 49.2 Å². The Morgan fingerprint density at radius 2 is 1.94 bits per heavy atom. The van der Waals surface area contributed by atoms with Gasteiger partial charge < -0.3 is 15.0 Å². The Balaban J connectivity index is 3.87. The quantitative estimate of drug-likeness (QED) is 0.814. The number of alkyl halides is 2. The van der Waals surface area contributed by atoms with E-state index >= 15 is 0 Å². The molecule has 0 aliphatic rings. The molecule has 0 aromatic heterocycles. The molecule has 102 valence electrons. The molecule has 0 saturated carbocycles. The van der Waals surface area contributed by atoms with Crippen LogP contribution in [0.25, 0.3) is 0 Å². The van der Waals surface area contributed by atoms with Gasteiger partial charge in [0.2, 0.25) is 0 Å². The van der Waals surface area contributed by atoms with E-state index in [0.717, 1.165) is 0 Å². The van der Waals surface area contributed by atoms with Crippen molar-refractivity contribution >= 4 is 6.09 Å². The fourth-order valence-corrected chi connectivity index (χ4v) is 0.980. The summed E-state index contributed by atoms with van der Waals surface area (Å²) in [6.07, 6.45) is -2.86. The van der Waals surface area contributed by atoms with Gasteiger partial charge in [-0.1, -0.05) is 0 Å². The van der Waals surface area contributed by atoms with Gasteiger partial charge in [0.25, 0.3) is 6.43 Å². The maximum Gasteiger partial charge on any atom is 0.410 e. The third-order valence-electron chi connectivity index (χ3n) is 2.00. The van der Waals surface area contributed by atoms with Gasteiger partial charge >= 0.3 is 6.09 Å². The Bertz CT molecular complexity index is 242. The van der Waals surface area contributed by atoms with E-state index in [1.807, 2.05) is 0 Å². The van der Waals surface area contributed by atoms with Gasteiger partial charge in [0.1, 0.15) is 5.60 Å². The first-order chi connectivity index (χ1) is 7.63. The standard InChI is InChI=1S/C11H22F2N2O2/c1-8(9(12)13)14-6-7-15(5)10(16)17-11(2,3)4/h8-9,14H,6-7H2,1-5H3. The number of carbonyl (C=O) groups is 1. The van der Waals surface area contributed by atoms with Crippen molar-refractivity contribution in [3.63, 3.8) is 0 Å². The molecule has 1 unspecified atom stereocenters. The highest BCUT2D eigenvalue weighted by Crippen LogP contribution is 2.08. The highest BCUT2D eigenvalue weighted by atomic mass is 19.3. The van der Waals surface area contributed by atoms with E-state index in [2.05, 4.69) is 5.32 Å². The zero-order valence-electron chi connectivity index (χ0n) is 11.1. The van der Waals surface area contributed by atoms with Crippen LogP contribution in [-0.2, 0) is 4.74 Å². The van der Waals surface area contributed by atoms with E-state index in [0.29, 0.717) is 13.1 Å². The molecule has 0 aliphatic heterocycles. The minimum absolute atomic E-state index is 0.307. The van der Waals surface area contributed by atoms with Crippen molar-refractivity contribution < 1.29 is 18.3 Å². The lowest BCUT2D eigenvalue weighted by molar-refractivity contribution is 0.0295. The number of hydrogen-bond donors (Lipinski definition) is 1. The smallest absolute Gasteiger partial charge is 0.410 e. The van der Waals surface area contributed by atoms with Crippen LogP contribution in [0.1, 0.15) is 27.7 Å². The molecule has 0 radical (unpaired) electrons. The van der Waals surface area contributed by atoms with E-state index in [1.165, 1.54) is 11.8 Å². The van der Waals surface area contributed by atoms with Crippen LogP contribution in [0.3, 0.4) is 0 Å². The minimum atomic E-state index is -2.40. The van der Waals surface area contributed by atoms with Crippen LogP contribution < -0.4 is 5.32 Å². The molecule has 1 atom stereocenters. The molecular formula is C11H22F2N2O2. The molecule has 0 spiro atoms. The number of rotatable bonds is 5. The molecule has 1 N–H and O–H groups in total. The van der Waals surface area contributed by atoms with Gasteiger partial charge in [-0.2, -0.15) is 0 Å². The predicted octanol–water partition coefficient (Wildman–Crippen LogP) is 2.10. The average Bonchev–Trinajstić information content (AvgIpc) is 2.14. The molecule has 0 bridgehead atoms. The lowest BCUT2D eigenvalue weighted by atomic mass is 10.2. The summed E-state index contributed by atoms with van der Waals surface area (Å²) in [7, 11) is 1.57. The van der Waals surface area contributed by atoms with Gasteiger partial charge in [0, 0.05) is 20.1 Å². The third kappa shape index (κ3) is 7.90. The number of ether oxygens (including phenoxy) is 1. The van der Waals surface area contributed by atoms with E-state index in [9.17, 15) is 13.6 Å². The summed E-state index contributed by atoms with van der Waals surface area (Å²) in [6.45, 7) is 7.35. The van der Waals surface area contributed by atoms with Gasteiger partial charge in [-0.25, -0.2) is 13.6 Å². The van der Waals surface area contributed by atoms with Crippen molar-refractivity contribution in [2.75, 3.05) is 20.1 Å². The lowest BCUT2D eigenvalue weighted by Gasteiger charge is -2.25. The zero-order valence-corrected chi connectivity index (χ0v) is 11.1. The highest BCUT2D eigenvalue weighted by molar-refractivity contribution is 5.67. The summed E-state index contributed by atoms with van der Waals surface area (Å²) in [5.74, 6) is 0. The number of halogens is 2. The Labute approximate surface area is 101 Å².